The van der Waals surface area contributed by atoms with Gasteiger partial charge in [-0.1, -0.05) is 0 Å². The second-order valence-corrected chi connectivity index (χ2v) is 5.98. The average molecular weight is 454 g/mol. The van der Waals surface area contributed by atoms with Gasteiger partial charge < -0.3 is 0 Å². The van der Waals surface area contributed by atoms with Crippen molar-refractivity contribution in [2.75, 3.05) is 6.61 Å². The van der Waals surface area contributed by atoms with Gasteiger partial charge in [-0.25, -0.2) is 0 Å². The van der Waals surface area contributed by atoms with E-state index in [0.717, 1.165) is 29.6 Å². The molecule has 0 amide bonds. The molecule has 0 aromatic heterocycles. The molecule has 0 aliphatic carbocycles. The van der Waals surface area contributed by atoms with Gasteiger partial charge in [0.2, 0.25) is 0 Å². The van der Waals surface area contributed by atoms with Crippen molar-refractivity contribution in [2.45, 2.75) is 77.6 Å². The van der Waals surface area contributed by atoms with Crippen LogP contribution >= 0.6 is 0 Å². The number of rotatable bonds is 14. The van der Waals surface area contributed by atoms with Gasteiger partial charge in [0.05, 0.1) is 0 Å². The first-order valence-corrected chi connectivity index (χ1v) is 9.60. The molecule has 0 aliphatic heterocycles. The molecule has 0 rings (SSSR count). The molecule has 164 valence electrons. The van der Waals surface area contributed by atoms with Crippen molar-refractivity contribution in [2.24, 2.45) is 0 Å². The Morgan fingerprint density at radius 1 is 0.733 bits per heavy atom. The van der Waals surface area contributed by atoms with E-state index in [1.165, 1.54) is 57.8 Å². The molecular formula is C23H30CrO6. The van der Waals surface area contributed by atoms with Crippen LogP contribution in [0.1, 0.15) is 77.6 Å². The summed E-state index contributed by atoms with van der Waals surface area (Å²) in [5, 5.41) is 0. The van der Waals surface area contributed by atoms with Crippen LogP contribution in [-0.2, 0) is 43.8 Å². The van der Waals surface area contributed by atoms with Gasteiger partial charge in [0.1, 0.15) is 0 Å². The number of hydrogen-bond donors (Lipinski definition) is 0. The summed E-state index contributed by atoms with van der Waals surface area (Å²) in [6.45, 7) is 29.1. The monoisotopic (exact) mass is 454 g/mol. The second-order valence-electron chi connectivity index (χ2n) is 5.41. The molecule has 0 saturated heterocycles. The Morgan fingerprint density at radius 3 is 1.33 bits per heavy atom. The number of terminal acetylenes is 1. The van der Waals surface area contributed by atoms with Crippen molar-refractivity contribution in [3.8, 4) is 12.3 Å². The third-order valence-corrected chi connectivity index (χ3v) is 4.03. The zero-order valence-electron chi connectivity index (χ0n) is 17.6. The Balaban J connectivity index is -0.000000125. The molecule has 6 nitrogen and oxygen atoms in total. The summed E-state index contributed by atoms with van der Waals surface area (Å²) < 4.78 is 43.9. The first-order valence-electron chi connectivity index (χ1n) is 8.96. The van der Waals surface area contributed by atoms with Crippen LogP contribution in [0.3, 0.4) is 0 Å². The van der Waals surface area contributed by atoms with Crippen LogP contribution < -0.4 is 0 Å². The van der Waals surface area contributed by atoms with E-state index in [9.17, 15) is 0 Å². The second kappa shape index (κ2) is 56.4. The molecule has 0 fully saturated rings. The van der Waals surface area contributed by atoms with Gasteiger partial charge in [0.15, 0.2) is 0 Å². The first kappa shape index (κ1) is 42.5. The van der Waals surface area contributed by atoms with E-state index in [4.69, 9.17) is 34.4 Å². The van der Waals surface area contributed by atoms with Crippen LogP contribution in [0.25, 0.3) is 0 Å². The summed E-state index contributed by atoms with van der Waals surface area (Å²) in [4.78, 5) is 0. The van der Waals surface area contributed by atoms with E-state index in [2.05, 4.69) is 61.6 Å². The van der Waals surface area contributed by atoms with Crippen molar-refractivity contribution in [1.82, 2.24) is 0 Å². The predicted octanol–water partition coefficient (Wildman–Crippen LogP) is 4.99. The Bertz CT molecular complexity index is 460. The number of hydrogen-bond acceptors (Lipinski definition) is 1. The minimum atomic E-state index is 0.810. The fraction of sp³-hybridized carbons (Fsp3) is 0.565. The first-order chi connectivity index (χ1) is 14.7. The topological polar surface area (TPSA) is 109 Å². The maximum absolute atomic E-state index is 7.50. The van der Waals surface area contributed by atoms with Crippen molar-refractivity contribution >= 4 is 4.57 Å². The molecule has 0 bridgehead atoms. The molecule has 0 aliphatic rings. The summed E-state index contributed by atoms with van der Waals surface area (Å²) in [5.74, 6) is 2.70. The fourth-order valence-corrected chi connectivity index (χ4v) is 2.16. The van der Waals surface area contributed by atoms with Crippen LogP contribution in [0.2, 0.25) is 0 Å². The van der Waals surface area contributed by atoms with Crippen LogP contribution in [-0.4, -0.2) is 11.2 Å². The molecule has 0 aromatic carbocycles. The molecule has 0 N–H and O–H groups in total. The Kier molecular flexibility index (Phi) is 79.8. The summed E-state index contributed by atoms with van der Waals surface area (Å²) in [5.41, 5.74) is 0.979. The Labute approximate surface area is 190 Å². The van der Waals surface area contributed by atoms with E-state index in [-0.39, 0.29) is 0 Å². The van der Waals surface area contributed by atoms with Gasteiger partial charge in [0.25, 0.3) is 0 Å². The van der Waals surface area contributed by atoms with Crippen LogP contribution in [0.4, 0.5) is 0 Å². The molecular weight excluding hydrogens is 424 g/mol. The zero-order chi connectivity index (χ0) is 25.1. The van der Waals surface area contributed by atoms with Crippen LogP contribution in [0.5, 0.6) is 0 Å². The van der Waals surface area contributed by atoms with Gasteiger partial charge in [-0.2, -0.15) is 0 Å². The summed E-state index contributed by atoms with van der Waals surface area (Å²) in [7, 11) is 0. The molecule has 0 unspecified atom stereocenters. The molecule has 0 heterocycles. The molecule has 0 aromatic rings. The van der Waals surface area contributed by atoms with Crippen molar-refractivity contribution in [1.29, 1.82) is 0 Å². The third-order valence-electron chi connectivity index (χ3n) is 3.30. The van der Waals surface area contributed by atoms with E-state index in [1.807, 2.05) is 6.92 Å². The quantitative estimate of drug-likeness (QED) is 0.157. The summed E-state index contributed by atoms with van der Waals surface area (Å²) >= 11 is 2.90. The summed E-state index contributed by atoms with van der Waals surface area (Å²) in [6, 6.07) is 0. The molecule has 30 heavy (non-hydrogen) atoms. The molecule has 0 radical (unpaired) electrons. The molecule has 0 atom stereocenters. The Hall–Kier alpha value is -1.64. The van der Waals surface area contributed by atoms with E-state index < -0.39 is 0 Å². The standard InChI is InChI=1S/C18H30O.5CO.Cr/c1-4-5-6-7-8-9-10-11-12-13-14-15-16-19-17-18(2)3;5*1-2;/h1H,2,5-16H2,3H3;;;;;;. The van der Waals surface area contributed by atoms with Crippen LogP contribution in [0.15, 0.2) is 12.2 Å². The number of unbranched alkanes of at least 4 members (excludes halogenated alkanes) is 10. The van der Waals surface area contributed by atoms with Gasteiger partial charge in [-0.3, -0.25) is 0 Å². The van der Waals surface area contributed by atoms with Gasteiger partial charge >= 0.3 is 165 Å². The Morgan fingerprint density at radius 2 is 1.03 bits per heavy atom. The summed E-state index contributed by atoms with van der Waals surface area (Å²) in [6.07, 6.45) is 19.3. The molecule has 7 heteroatoms. The molecule has 0 spiro atoms. The predicted molar refractivity (Wildman–Crippen MR) is 105 cm³/mol. The van der Waals surface area contributed by atoms with E-state index in [1.54, 1.807) is 0 Å². The maximum atomic E-state index is 7.50. The van der Waals surface area contributed by atoms with Crippen LogP contribution in [0, 0.1) is 45.6 Å². The van der Waals surface area contributed by atoms with Gasteiger partial charge in [0, 0.05) is 6.42 Å². The normalized spacial score (nSPS) is 7.13. The SMILES string of the molecule is C#CCCCCCCCCCCCCO[C](=[Cr])C(=C)C.[C-]#[O+].[C-]#[O+].[C-]#[O+].[C-]#[O+].[C-]#[O+]. The van der Waals surface area contributed by atoms with Gasteiger partial charge in [-0.15, -0.1) is 12.3 Å². The van der Waals surface area contributed by atoms with E-state index in [0.29, 0.717) is 0 Å². The number of ether oxygens (including phenoxy) is 1. The van der Waals surface area contributed by atoms with Crippen molar-refractivity contribution in [3.05, 3.63) is 45.4 Å². The molecule has 0 saturated carbocycles. The fourth-order valence-electron chi connectivity index (χ4n) is 2.03. The third kappa shape index (κ3) is 56.3. The van der Waals surface area contributed by atoms with Crippen molar-refractivity contribution in [3.63, 3.8) is 0 Å². The zero-order valence-corrected chi connectivity index (χ0v) is 18.9. The minimum absolute atomic E-state index is 0.810. The van der Waals surface area contributed by atoms with Gasteiger partial charge in [-0.05, 0) is 6.42 Å². The van der Waals surface area contributed by atoms with E-state index >= 15 is 0 Å². The van der Waals surface area contributed by atoms with Crippen molar-refractivity contribution < 1.29 is 43.8 Å². The average Bonchev–Trinajstić information content (AvgIpc) is 2.83.